The molecule has 7 heteroatoms. The fourth-order valence-corrected chi connectivity index (χ4v) is 1.91. The van der Waals surface area contributed by atoms with E-state index in [4.69, 9.17) is 5.73 Å². The van der Waals surface area contributed by atoms with Gasteiger partial charge in [-0.25, -0.2) is 22.4 Å². The Kier molecular flexibility index (Phi) is 1.71. The van der Waals surface area contributed by atoms with Crippen LogP contribution in [0, 0.1) is 0 Å². The van der Waals surface area contributed by atoms with Crippen molar-refractivity contribution in [3.8, 4) is 0 Å². The van der Waals surface area contributed by atoms with Crippen LogP contribution in [-0.2, 0) is 10.0 Å². The fraction of sp³-hybridized carbons (Fsp3) is 0.143. The summed E-state index contributed by atoms with van der Waals surface area (Å²) >= 11 is 0. The van der Waals surface area contributed by atoms with E-state index < -0.39 is 10.0 Å². The second-order valence-corrected chi connectivity index (χ2v) is 4.74. The molecule has 2 aromatic heterocycles. The molecule has 0 aliphatic heterocycles. The molecule has 0 amide bonds. The Morgan fingerprint density at radius 3 is 2.86 bits per heavy atom. The van der Waals surface area contributed by atoms with Gasteiger partial charge in [-0.2, -0.15) is 0 Å². The molecule has 0 aliphatic rings. The van der Waals surface area contributed by atoms with Gasteiger partial charge in [0.15, 0.2) is 5.65 Å². The van der Waals surface area contributed by atoms with E-state index in [0.717, 1.165) is 10.2 Å². The van der Waals surface area contributed by atoms with Gasteiger partial charge in [-0.3, -0.25) is 0 Å². The van der Waals surface area contributed by atoms with Crippen LogP contribution in [0.4, 0.5) is 5.82 Å². The zero-order chi connectivity index (χ0) is 10.3. The highest BCUT2D eigenvalue weighted by atomic mass is 32.2. The van der Waals surface area contributed by atoms with Gasteiger partial charge in [0.05, 0.1) is 12.5 Å². The lowest BCUT2D eigenvalue weighted by molar-refractivity contribution is 0.595. The minimum atomic E-state index is -3.33. The highest BCUT2D eigenvalue weighted by molar-refractivity contribution is 7.89. The maximum absolute atomic E-state index is 11.3. The van der Waals surface area contributed by atoms with Gasteiger partial charge < -0.3 is 5.73 Å². The molecule has 74 valence electrons. The Balaban J connectivity index is 2.83. The molecule has 2 rings (SSSR count). The zero-order valence-corrected chi connectivity index (χ0v) is 8.19. The molecule has 0 aromatic carbocycles. The lowest BCUT2D eigenvalue weighted by Gasteiger charge is -1.99. The first-order chi connectivity index (χ1) is 6.48. The minimum absolute atomic E-state index is 0.267. The van der Waals surface area contributed by atoms with Crippen molar-refractivity contribution in [2.75, 3.05) is 12.0 Å². The van der Waals surface area contributed by atoms with Crippen molar-refractivity contribution in [3.05, 3.63) is 18.5 Å². The second kappa shape index (κ2) is 2.68. The van der Waals surface area contributed by atoms with Gasteiger partial charge in [0.25, 0.3) is 0 Å². The van der Waals surface area contributed by atoms with Crippen molar-refractivity contribution in [3.63, 3.8) is 0 Å². The third-order valence-electron chi connectivity index (χ3n) is 1.73. The van der Waals surface area contributed by atoms with E-state index in [9.17, 15) is 8.42 Å². The van der Waals surface area contributed by atoms with Crippen LogP contribution in [0.1, 0.15) is 0 Å². The summed E-state index contributed by atoms with van der Waals surface area (Å²) < 4.78 is 23.6. The highest BCUT2D eigenvalue weighted by Crippen LogP contribution is 2.13. The van der Waals surface area contributed by atoms with Crippen LogP contribution in [0.3, 0.4) is 0 Å². The molecule has 2 aromatic rings. The van der Waals surface area contributed by atoms with Crippen molar-refractivity contribution < 1.29 is 8.42 Å². The van der Waals surface area contributed by atoms with E-state index in [2.05, 4.69) is 9.97 Å². The molecule has 0 fully saturated rings. The molecule has 0 unspecified atom stereocenters. The Labute approximate surface area is 80.4 Å². The summed E-state index contributed by atoms with van der Waals surface area (Å²) in [6, 6.07) is 1.56. The highest BCUT2D eigenvalue weighted by Gasteiger charge is 2.11. The van der Waals surface area contributed by atoms with Gasteiger partial charge in [0.1, 0.15) is 11.3 Å². The Bertz CT molecular complexity index is 587. The molecule has 0 spiro atoms. The first-order valence-corrected chi connectivity index (χ1v) is 5.63. The van der Waals surface area contributed by atoms with Gasteiger partial charge in [-0.1, -0.05) is 0 Å². The van der Waals surface area contributed by atoms with Crippen LogP contribution in [0.5, 0.6) is 0 Å². The van der Waals surface area contributed by atoms with Crippen LogP contribution in [-0.4, -0.2) is 28.6 Å². The maximum atomic E-state index is 11.3. The Morgan fingerprint density at radius 2 is 2.21 bits per heavy atom. The van der Waals surface area contributed by atoms with Crippen LogP contribution in [0.15, 0.2) is 18.5 Å². The number of fused-ring (bicyclic) bond motifs is 1. The average Bonchev–Trinajstić information content (AvgIpc) is 2.45. The number of nitrogens with zero attached hydrogens (tertiary/aromatic N) is 3. The predicted molar refractivity (Wildman–Crippen MR) is 52.2 cm³/mol. The Hall–Kier alpha value is -1.63. The number of hydrogen-bond donors (Lipinski definition) is 1. The summed E-state index contributed by atoms with van der Waals surface area (Å²) in [5, 5.41) is 0. The van der Waals surface area contributed by atoms with Crippen molar-refractivity contribution in [2.24, 2.45) is 0 Å². The average molecular weight is 212 g/mol. The topological polar surface area (TPSA) is 90.9 Å². The third-order valence-corrected chi connectivity index (χ3v) is 2.74. The minimum Gasteiger partial charge on any atom is -0.382 e. The predicted octanol–water partition coefficient (Wildman–Crippen LogP) is -0.179. The summed E-state index contributed by atoms with van der Waals surface area (Å²) in [7, 11) is -3.33. The maximum Gasteiger partial charge on any atom is 0.237 e. The van der Waals surface area contributed by atoms with Gasteiger partial charge >= 0.3 is 0 Å². The standard InChI is InChI=1S/C7H8N4O2S/c1-14(12,13)11-3-2-5-7(11)9-4-6(8)10-5/h2-4H,1H3,(H2,8,10). The van der Waals surface area contributed by atoms with Crippen molar-refractivity contribution >= 4 is 27.0 Å². The van der Waals surface area contributed by atoms with Gasteiger partial charge in [-0.15, -0.1) is 0 Å². The lowest BCUT2D eigenvalue weighted by Crippen LogP contribution is -2.09. The molecule has 2 heterocycles. The smallest absolute Gasteiger partial charge is 0.237 e. The van der Waals surface area contributed by atoms with Crippen LogP contribution in [0.25, 0.3) is 11.2 Å². The van der Waals surface area contributed by atoms with Crippen molar-refractivity contribution in [1.29, 1.82) is 0 Å². The number of hydrogen-bond acceptors (Lipinski definition) is 5. The van der Waals surface area contributed by atoms with Gasteiger partial charge in [0.2, 0.25) is 10.0 Å². The summed E-state index contributed by atoms with van der Waals surface area (Å²) in [6.45, 7) is 0. The van der Waals surface area contributed by atoms with Crippen LogP contribution in [0.2, 0.25) is 0 Å². The summed E-state index contributed by atoms with van der Waals surface area (Å²) in [5.41, 5.74) is 6.17. The first-order valence-electron chi connectivity index (χ1n) is 3.78. The first kappa shape index (κ1) is 8.95. The van der Waals surface area contributed by atoms with E-state index in [1.807, 2.05) is 0 Å². The summed E-state index contributed by atoms with van der Waals surface area (Å²) in [4.78, 5) is 7.84. The molecule has 6 nitrogen and oxygen atoms in total. The van der Waals surface area contributed by atoms with E-state index in [-0.39, 0.29) is 5.82 Å². The van der Waals surface area contributed by atoms with E-state index >= 15 is 0 Å². The second-order valence-electron chi connectivity index (χ2n) is 2.88. The monoisotopic (exact) mass is 212 g/mol. The fourth-order valence-electron chi connectivity index (χ4n) is 1.17. The normalized spacial score (nSPS) is 12.1. The number of rotatable bonds is 1. The van der Waals surface area contributed by atoms with Crippen LogP contribution >= 0.6 is 0 Å². The van der Waals surface area contributed by atoms with Crippen LogP contribution < -0.4 is 5.73 Å². The molecule has 0 aliphatic carbocycles. The molecule has 2 N–H and O–H groups in total. The molecule has 0 atom stereocenters. The molecule has 0 saturated heterocycles. The number of anilines is 1. The zero-order valence-electron chi connectivity index (χ0n) is 7.38. The van der Waals surface area contributed by atoms with Crippen molar-refractivity contribution in [1.82, 2.24) is 13.9 Å². The molecule has 0 radical (unpaired) electrons. The largest absolute Gasteiger partial charge is 0.382 e. The SMILES string of the molecule is CS(=O)(=O)n1ccc2nc(N)cnc21. The lowest BCUT2D eigenvalue weighted by atomic mass is 10.5. The molecular weight excluding hydrogens is 204 g/mol. The molecular formula is C7H8N4O2S. The van der Waals surface area contributed by atoms with E-state index in [1.54, 1.807) is 6.07 Å². The van der Waals surface area contributed by atoms with E-state index in [1.165, 1.54) is 12.4 Å². The summed E-state index contributed by atoms with van der Waals surface area (Å²) in [6.07, 6.45) is 3.83. The quantitative estimate of drug-likeness (QED) is 0.708. The number of aromatic nitrogens is 3. The number of nitrogens with two attached hydrogens (primary N) is 1. The molecule has 0 saturated carbocycles. The summed E-state index contributed by atoms with van der Waals surface area (Å²) in [5.74, 6) is 0.267. The number of nitrogen functional groups attached to an aromatic ring is 1. The Morgan fingerprint density at radius 1 is 1.50 bits per heavy atom. The van der Waals surface area contributed by atoms with Crippen molar-refractivity contribution in [2.45, 2.75) is 0 Å². The third kappa shape index (κ3) is 1.31. The van der Waals surface area contributed by atoms with Gasteiger partial charge in [-0.05, 0) is 6.07 Å². The van der Waals surface area contributed by atoms with Gasteiger partial charge in [0, 0.05) is 6.20 Å². The molecule has 14 heavy (non-hydrogen) atoms. The van der Waals surface area contributed by atoms with E-state index in [0.29, 0.717) is 11.2 Å². The molecule has 0 bridgehead atoms.